The number of hydrogen-bond donors (Lipinski definition) is 1. The van der Waals surface area contributed by atoms with Crippen LogP contribution in [-0.4, -0.2) is 17.2 Å². The highest BCUT2D eigenvalue weighted by Gasteiger charge is 2.57. The zero-order chi connectivity index (χ0) is 15.9. The van der Waals surface area contributed by atoms with Gasteiger partial charge in [-0.25, -0.2) is 4.39 Å². The van der Waals surface area contributed by atoms with Gasteiger partial charge in [0.1, 0.15) is 0 Å². The van der Waals surface area contributed by atoms with Crippen molar-refractivity contribution in [2.24, 2.45) is 0 Å². The van der Waals surface area contributed by atoms with Gasteiger partial charge in [0, 0.05) is 6.42 Å². The van der Waals surface area contributed by atoms with Crippen LogP contribution < -0.4 is 0 Å². The molecule has 1 rings (SSSR count). The highest BCUT2D eigenvalue weighted by molar-refractivity contribution is 9.10. The molecule has 0 aliphatic rings. The molecule has 0 unspecified atom stereocenters. The maximum absolute atomic E-state index is 13.7. The van der Waals surface area contributed by atoms with E-state index in [0.29, 0.717) is 0 Å². The van der Waals surface area contributed by atoms with Crippen molar-refractivity contribution in [3.63, 3.8) is 0 Å². The molecule has 0 atom stereocenters. The first-order valence-corrected chi connectivity index (χ1v) is 6.32. The molecule has 1 aromatic rings. The maximum atomic E-state index is 13.7. The van der Waals surface area contributed by atoms with E-state index in [1.54, 1.807) is 13.8 Å². The van der Waals surface area contributed by atoms with E-state index in [0.717, 1.165) is 6.07 Å². The van der Waals surface area contributed by atoms with Crippen LogP contribution in [0.3, 0.4) is 0 Å². The molecule has 114 valence electrons. The highest BCUT2D eigenvalue weighted by atomic mass is 79.9. The molecule has 0 saturated carbocycles. The lowest BCUT2D eigenvalue weighted by atomic mass is 9.96. The van der Waals surface area contributed by atoms with Crippen molar-refractivity contribution in [2.75, 3.05) is 0 Å². The molecule has 20 heavy (non-hydrogen) atoms. The summed E-state index contributed by atoms with van der Waals surface area (Å²) < 4.78 is 75.7. The van der Waals surface area contributed by atoms with Gasteiger partial charge in [-0.2, -0.15) is 22.0 Å². The molecule has 0 radical (unpaired) electrons. The number of rotatable bonds is 3. The molecule has 0 aromatic heterocycles. The topological polar surface area (TPSA) is 20.2 Å². The summed E-state index contributed by atoms with van der Waals surface area (Å²) in [4.78, 5) is 0. The predicted octanol–water partition coefficient (Wildman–Crippen LogP) is 5.16. The molecule has 0 fully saturated rings. The average molecular weight is 365 g/mol. The van der Waals surface area contributed by atoms with Gasteiger partial charge >= 0.3 is 12.1 Å². The Morgan fingerprint density at radius 3 is 2.10 bits per heavy atom. The van der Waals surface area contributed by atoms with Gasteiger partial charge in [0.2, 0.25) is 0 Å². The van der Waals surface area contributed by atoms with Crippen LogP contribution in [-0.2, 0) is 6.42 Å². The Hall–Kier alpha value is -0.920. The minimum Gasteiger partial charge on any atom is -0.505 e. The van der Waals surface area contributed by atoms with Gasteiger partial charge in [0.05, 0.1) is 4.47 Å². The van der Waals surface area contributed by atoms with Gasteiger partial charge < -0.3 is 5.11 Å². The quantitative estimate of drug-likeness (QED) is 0.734. The number of halogens is 7. The van der Waals surface area contributed by atoms with E-state index < -0.39 is 46.0 Å². The summed E-state index contributed by atoms with van der Waals surface area (Å²) in [5.41, 5.74) is -0.579. The van der Waals surface area contributed by atoms with Gasteiger partial charge in [0.15, 0.2) is 11.6 Å². The SMILES string of the molecule is CC(C)c1cc(CC(F)(F)C(F)(F)F)c(Br)c(F)c1O. The molecule has 0 heterocycles. The second kappa shape index (κ2) is 5.46. The van der Waals surface area contributed by atoms with Crippen LogP contribution in [0.15, 0.2) is 10.5 Å². The Kier molecular flexibility index (Phi) is 4.68. The standard InChI is InChI=1S/C12H11BrF6O/c1-5(2)7-3-6(8(13)9(14)10(7)20)4-11(15,16)12(17,18)19/h3,5,20H,4H2,1-2H3. The molecule has 1 nitrogen and oxygen atoms in total. The third kappa shape index (κ3) is 3.21. The summed E-state index contributed by atoms with van der Waals surface area (Å²) >= 11 is 2.60. The monoisotopic (exact) mass is 364 g/mol. The largest absolute Gasteiger partial charge is 0.505 e. The third-order valence-corrected chi connectivity index (χ3v) is 3.59. The molecule has 0 saturated heterocycles. The van der Waals surface area contributed by atoms with Crippen molar-refractivity contribution >= 4 is 15.9 Å². The first-order chi connectivity index (χ1) is 8.88. The van der Waals surface area contributed by atoms with Crippen molar-refractivity contribution in [1.29, 1.82) is 0 Å². The van der Waals surface area contributed by atoms with Gasteiger partial charge in [-0.1, -0.05) is 19.9 Å². The molecule has 8 heteroatoms. The first-order valence-electron chi connectivity index (χ1n) is 5.52. The molecule has 1 aromatic carbocycles. The minimum absolute atomic E-state index is 0.0290. The van der Waals surface area contributed by atoms with Crippen LogP contribution in [0.4, 0.5) is 26.3 Å². The zero-order valence-corrected chi connectivity index (χ0v) is 12.0. The van der Waals surface area contributed by atoms with Gasteiger partial charge in [0.25, 0.3) is 0 Å². The second-order valence-electron chi connectivity index (χ2n) is 4.64. The molecule has 1 N–H and O–H groups in total. The molecule has 0 aliphatic carbocycles. The van der Waals surface area contributed by atoms with E-state index in [2.05, 4.69) is 15.9 Å². The van der Waals surface area contributed by atoms with Crippen molar-refractivity contribution in [3.8, 4) is 5.75 Å². The summed E-state index contributed by atoms with van der Waals surface area (Å²) in [7, 11) is 0. The Labute approximate surface area is 119 Å². The summed E-state index contributed by atoms with van der Waals surface area (Å²) in [6.07, 6.45) is -7.42. The molecule has 0 aliphatic heterocycles. The fraction of sp³-hybridized carbons (Fsp3) is 0.500. The van der Waals surface area contributed by atoms with Crippen LogP contribution in [0.25, 0.3) is 0 Å². The van der Waals surface area contributed by atoms with Crippen molar-refractivity contribution < 1.29 is 31.4 Å². The second-order valence-corrected chi connectivity index (χ2v) is 5.43. The predicted molar refractivity (Wildman–Crippen MR) is 64.6 cm³/mol. The van der Waals surface area contributed by atoms with Crippen molar-refractivity contribution in [1.82, 2.24) is 0 Å². The number of hydrogen-bond acceptors (Lipinski definition) is 1. The Bertz CT molecular complexity index is 510. The molecule has 0 spiro atoms. The highest BCUT2D eigenvalue weighted by Crippen LogP contribution is 2.42. The van der Waals surface area contributed by atoms with Gasteiger partial charge in [-0.15, -0.1) is 0 Å². The molecule has 0 bridgehead atoms. The third-order valence-electron chi connectivity index (χ3n) is 2.73. The van der Waals surface area contributed by atoms with Crippen LogP contribution in [0.5, 0.6) is 5.75 Å². The van der Waals surface area contributed by atoms with E-state index in [1.807, 2.05) is 0 Å². The van der Waals surface area contributed by atoms with E-state index >= 15 is 0 Å². The van der Waals surface area contributed by atoms with Crippen LogP contribution >= 0.6 is 15.9 Å². The van der Waals surface area contributed by atoms with E-state index in [9.17, 15) is 31.4 Å². The lowest BCUT2D eigenvalue weighted by Gasteiger charge is -2.21. The Morgan fingerprint density at radius 2 is 1.70 bits per heavy atom. The normalized spacial score (nSPS) is 13.1. The molecule has 0 amide bonds. The summed E-state index contributed by atoms with van der Waals surface area (Å²) in [6, 6.07) is 0.951. The van der Waals surface area contributed by atoms with E-state index in [1.165, 1.54) is 0 Å². The Balaban J connectivity index is 3.33. The van der Waals surface area contributed by atoms with E-state index in [-0.39, 0.29) is 5.56 Å². The van der Waals surface area contributed by atoms with Crippen molar-refractivity contribution in [2.45, 2.75) is 38.3 Å². The number of phenolic OH excluding ortho intramolecular Hbond substituents is 1. The fourth-order valence-corrected chi connectivity index (χ4v) is 2.04. The van der Waals surface area contributed by atoms with E-state index in [4.69, 9.17) is 0 Å². The smallest absolute Gasteiger partial charge is 0.453 e. The number of alkyl halides is 5. The number of benzene rings is 1. The summed E-state index contributed by atoms with van der Waals surface area (Å²) in [6.45, 7) is 3.10. The summed E-state index contributed by atoms with van der Waals surface area (Å²) in [5, 5.41) is 9.52. The molecular weight excluding hydrogens is 354 g/mol. The Morgan fingerprint density at radius 1 is 1.20 bits per heavy atom. The van der Waals surface area contributed by atoms with Crippen molar-refractivity contribution in [3.05, 3.63) is 27.5 Å². The van der Waals surface area contributed by atoms with Crippen LogP contribution in [0.1, 0.15) is 30.9 Å². The van der Waals surface area contributed by atoms with Crippen LogP contribution in [0, 0.1) is 5.82 Å². The zero-order valence-electron chi connectivity index (χ0n) is 10.5. The minimum atomic E-state index is -5.72. The summed E-state index contributed by atoms with van der Waals surface area (Å²) in [5.74, 6) is -7.42. The van der Waals surface area contributed by atoms with Gasteiger partial charge in [-0.3, -0.25) is 0 Å². The number of phenols is 1. The van der Waals surface area contributed by atoms with Gasteiger partial charge in [-0.05, 0) is 33.0 Å². The molecular formula is C12H11BrF6O. The number of aromatic hydroxyl groups is 1. The fourth-order valence-electron chi connectivity index (χ4n) is 1.60. The maximum Gasteiger partial charge on any atom is 0.453 e. The lowest BCUT2D eigenvalue weighted by Crippen LogP contribution is -2.38. The van der Waals surface area contributed by atoms with Crippen LogP contribution in [0.2, 0.25) is 0 Å². The lowest BCUT2D eigenvalue weighted by molar-refractivity contribution is -0.281. The average Bonchev–Trinajstić information content (AvgIpc) is 2.27. The first kappa shape index (κ1) is 17.1.